The van der Waals surface area contributed by atoms with Crippen molar-refractivity contribution in [3.05, 3.63) is 51.5 Å². The van der Waals surface area contributed by atoms with Gasteiger partial charge in [0.25, 0.3) is 0 Å². The van der Waals surface area contributed by atoms with Crippen molar-refractivity contribution >= 4 is 21.9 Å². The van der Waals surface area contributed by atoms with Crippen molar-refractivity contribution in [2.24, 2.45) is 0 Å². The van der Waals surface area contributed by atoms with E-state index in [0.717, 1.165) is 35.0 Å². The first-order valence-corrected chi connectivity index (χ1v) is 7.99. The lowest BCUT2D eigenvalue weighted by Crippen LogP contribution is -2.00. The van der Waals surface area contributed by atoms with Crippen LogP contribution in [0.3, 0.4) is 0 Å². The smallest absolute Gasteiger partial charge is 0.336 e. The number of pyridine rings is 1. The van der Waals surface area contributed by atoms with Gasteiger partial charge in [-0.3, -0.25) is 4.98 Å². The number of aryl methyl sites for hydroxylation is 3. The molecule has 0 fully saturated rings. The minimum Gasteiger partial charge on any atom is -0.423 e. The van der Waals surface area contributed by atoms with Gasteiger partial charge in [-0.25, -0.2) is 4.79 Å². The summed E-state index contributed by atoms with van der Waals surface area (Å²) < 4.78 is 5.35. The Hall–Kier alpha value is -2.16. The lowest BCUT2D eigenvalue weighted by Gasteiger charge is -2.10. The molecule has 0 saturated heterocycles. The molecule has 3 rings (SSSR count). The monoisotopic (exact) mass is 295 g/mol. The summed E-state index contributed by atoms with van der Waals surface area (Å²) in [6.07, 6.45) is 4.31. The first kappa shape index (κ1) is 14.8. The van der Waals surface area contributed by atoms with Crippen molar-refractivity contribution in [1.82, 2.24) is 4.98 Å². The zero-order valence-corrected chi connectivity index (χ0v) is 13.4. The molecule has 0 aliphatic rings. The average molecular weight is 295 g/mol. The molecule has 0 saturated carbocycles. The van der Waals surface area contributed by atoms with Gasteiger partial charge in [-0.2, -0.15) is 0 Å². The second kappa shape index (κ2) is 5.91. The van der Waals surface area contributed by atoms with Crippen LogP contribution in [0.2, 0.25) is 0 Å². The van der Waals surface area contributed by atoms with Gasteiger partial charge >= 0.3 is 5.63 Å². The Bertz CT molecular complexity index is 893. The van der Waals surface area contributed by atoms with E-state index in [1.165, 1.54) is 23.8 Å². The Balaban J connectivity index is 2.33. The summed E-state index contributed by atoms with van der Waals surface area (Å²) in [6.45, 7) is 6.27. The molecule has 3 aromatic rings. The van der Waals surface area contributed by atoms with Gasteiger partial charge in [-0.1, -0.05) is 20.3 Å². The fraction of sp³-hybridized carbons (Fsp3) is 0.368. The van der Waals surface area contributed by atoms with Crippen LogP contribution in [0.5, 0.6) is 0 Å². The first-order valence-electron chi connectivity index (χ1n) is 7.99. The van der Waals surface area contributed by atoms with E-state index >= 15 is 0 Å². The number of unbranched alkanes of at least 4 members (excludes halogenated alkanes) is 1. The van der Waals surface area contributed by atoms with Gasteiger partial charge in [-0.05, 0) is 49.4 Å². The molecule has 0 amide bonds. The summed E-state index contributed by atoms with van der Waals surface area (Å²) >= 11 is 0. The number of hydrogen-bond acceptors (Lipinski definition) is 3. The molecular formula is C19H21NO2. The van der Waals surface area contributed by atoms with E-state index in [1.54, 1.807) is 6.07 Å². The maximum atomic E-state index is 11.6. The molecular weight excluding hydrogens is 274 g/mol. The largest absolute Gasteiger partial charge is 0.423 e. The third-order valence-corrected chi connectivity index (χ3v) is 4.18. The van der Waals surface area contributed by atoms with Crippen molar-refractivity contribution in [3.63, 3.8) is 0 Å². The van der Waals surface area contributed by atoms with Gasteiger partial charge in [0.05, 0.1) is 5.52 Å². The molecule has 0 N–H and O–H groups in total. The molecule has 1 aromatic carbocycles. The zero-order chi connectivity index (χ0) is 15.7. The number of rotatable bonds is 4. The summed E-state index contributed by atoms with van der Waals surface area (Å²) in [4.78, 5) is 16.3. The van der Waals surface area contributed by atoms with Crippen LogP contribution < -0.4 is 5.63 Å². The molecule has 0 aliphatic heterocycles. The fourth-order valence-electron chi connectivity index (χ4n) is 2.92. The second-order valence-corrected chi connectivity index (χ2v) is 5.84. The van der Waals surface area contributed by atoms with E-state index in [9.17, 15) is 4.79 Å². The molecule has 3 heteroatoms. The highest BCUT2D eigenvalue weighted by molar-refractivity contribution is 5.96. The molecule has 22 heavy (non-hydrogen) atoms. The summed E-state index contributed by atoms with van der Waals surface area (Å²) in [7, 11) is 0. The third-order valence-electron chi connectivity index (χ3n) is 4.18. The van der Waals surface area contributed by atoms with Crippen LogP contribution in [0.25, 0.3) is 21.9 Å². The predicted octanol–water partition coefficient (Wildman–Crippen LogP) is 4.55. The van der Waals surface area contributed by atoms with Gasteiger partial charge in [0.15, 0.2) is 0 Å². The standard InChI is InChI=1S/C19H21NO2/c1-4-6-7-13-9-14(5-2)20-17-11-18-15(10-16(13)17)12(3)8-19(21)22-18/h8-11H,4-7H2,1-3H3. The molecule has 0 atom stereocenters. The first-order chi connectivity index (χ1) is 10.6. The topological polar surface area (TPSA) is 43.1 Å². The van der Waals surface area contributed by atoms with Crippen molar-refractivity contribution in [3.8, 4) is 0 Å². The number of fused-ring (bicyclic) bond motifs is 2. The Morgan fingerprint density at radius 1 is 1.09 bits per heavy atom. The SMILES string of the molecule is CCCCc1cc(CC)nc2cc3oc(=O)cc(C)c3cc12. The maximum absolute atomic E-state index is 11.6. The van der Waals surface area contributed by atoms with Crippen LogP contribution in [0, 0.1) is 6.92 Å². The Morgan fingerprint density at radius 2 is 1.91 bits per heavy atom. The molecule has 114 valence electrons. The number of hydrogen-bond donors (Lipinski definition) is 0. The fourth-order valence-corrected chi connectivity index (χ4v) is 2.92. The number of aromatic nitrogens is 1. The van der Waals surface area contributed by atoms with E-state index in [2.05, 4.69) is 26.0 Å². The summed E-state index contributed by atoms with van der Waals surface area (Å²) in [5, 5.41) is 2.17. The summed E-state index contributed by atoms with van der Waals surface area (Å²) in [6, 6.07) is 7.81. The Morgan fingerprint density at radius 3 is 2.64 bits per heavy atom. The van der Waals surface area contributed by atoms with Crippen molar-refractivity contribution in [1.29, 1.82) is 0 Å². The zero-order valence-electron chi connectivity index (χ0n) is 13.4. The highest BCUT2D eigenvalue weighted by atomic mass is 16.4. The van der Waals surface area contributed by atoms with Crippen molar-refractivity contribution in [2.75, 3.05) is 0 Å². The highest BCUT2D eigenvalue weighted by Gasteiger charge is 2.10. The molecule has 2 heterocycles. The van der Waals surface area contributed by atoms with Crippen LogP contribution in [-0.2, 0) is 12.8 Å². The lowest BCUT2D eigenvalue weighted by atomic mass is 9.99. The number of nitrogens with zero attached hydrogens (tertiary/aromatic N) is 1. The van der Waals surface area contributed by atoms with Gasteiger partial charge in [0.1, 0.15) is 5.58 Å². The van der Waals surface area contributed by atoms with E-state index in [4.69, 9.17) is 9.40 Å². The average Bonchev–Trinajstić information content (AvgIpc) is 2.50. The normalized spacial score (nSPS) is 11.4. The van der Waals surface area contributed by atoms with Crippen LogP contribution in [0.15, 0.2) is 33.5 Å². The number of benzene rings is 1. The molecule has 0 unspecified atom stereocenters. The summed E-state index contributed by atoms with van der Waals surface area (Å²) in [5.74, 6) is 0. The van der Waals surface area contributed by atoms with E-state index in [0.29, 0.717) is 5.58 Å². The molecule has 0 bridgehead atoms. The quantitative estimate of drug-likeness (QED) is 0.523. The lowest BCUT2D eigenvalue weighted by molar-refractivity contribution is 0.560. The minimum absolute atomic E-state index is 0.304. The van der Waals surface area contributed by atoms with Crippen LogP contribution >= 0.6 is 0 Å². The van der Waals surface area contributed by atoms with Crippen LogP contribution in [-0.4, -0.2) is 4.98 Å². The van der Waals surface area contributed by atoms with Crippen molar-refractivity contribution < 1.29 is 4.42 Å². The van der Waals surface area contributed by atoms with Crippen LogP contribution in [0.4, 0.5) is 0 Å². The molecule has 3 nitrogen and oxygen atoms in total. The van der Waals surface area contributed by atoms with Crippen LogP contribution in [0.1, 0.15) is 43.5 Å². The molecule has 0 radical (unpaired) electrons. The predicted molar refractivity (Wildman–Crippen MR) is 90.5 cm³/mol. The molecule has 0 aliphatic carbocycles. The van der Waals surface area contributed by atoms with Gasteiger partial charge in [0, 0.05) is 28.6 Å². The van der Waals surface area contributed by atoms with E-state index in [-0.39, 0.29) is 5.63 Å². The second-order valence-electron chi connectivity index (χ2n) is 5.84. The van der Waals surface area contributed by atoms with Gasteiger partial charge in [0.2, 0.25) is 0 Å². The molecule has 2 aromatic heterocycles. The Labute approximate surface area is 130 Å². The van der Waals surface area contributed by atoms with E-state index in [1.807, 2.05) is 13.0 Å². The van der Waals surface area contributed by atoms with Gasteiger partial charge in [-0.15, -0.1) is 0 Å². The summed E-state index contributed by atoms with van der Waals surface area (Å²) in [5.41, 5.74) is 4.63. The van der Waals surface area contributed by atoms with Crippen molar-refractivity contribution in [2.45, 2.75) is 46.5 Å². The Kier molecular flexibility index (Phi) is 3.97. The third kappa shape index (κ3) is 2.63. The maximum Gasteiger partial charge on any atom is 0.336 e. The highest BCUT2D eigenvalue weighted by Crippen LogP contribution is 2.27. The minimum atomic E-state index is -0.304. The van der Waals surface area contributed by atoms with E-state index < -0.39 is 0 Å². The molecule has 0 spiro atoms. The van der Waals surface area contributed by atoms with Gasteiger partial charge < -0.3 is 4.42 Å².